The van der Waals surface area contributed by atoms with Crippen molar-refractivity contribution >= 4 is 6.03 Å². The summed E-state index contributed by atoms with van der Waals surface area (Å²) < 4.78 is 0. The van der Waals surface area contributed by atoms with Crippen LogP contribution in [0.25, 0.3) is 0 Å². The Balaban J connectivity index is 1.50. The summed E-state index contributed by atoms with van der Waals surface area (Å²) in [5, 5.41) is 13.8. The lowest BCUT2D eigenvalue weighted by Gasteiger charge is -2.38. The van der Waals surface area contributed by atoms with Crippen molar-refractivity contribution < 1.29 is 9.90 Å². The van der Waals surface area contributed by atoms with Gasteiger partial charge in [0.25, 0.3) is 0 Å². The first-order chi connectivity index (χ1) is 10.4. The Morgan fingerprint density at radius 3 is 2.68 bits per heavy atom. The maximum Gasteiger partial charge on any atom is 0.317 e. The fourth-order valence-electron chi connectivity index (χ4n) is 3.25. The molecule has 2 heterocycles. The van der Waals surface area contributed by atoms with Crippen molar-refractivity contribution in [1.29, 1.82) is 0 Å². The Labute approximate surface area is 131 Å². The molecule has 5 heteroatoms. The van der Waals surface area contributed by atoms with Gasteiger partial charge in [-0.15, -0.1) is 0 Å². The first kappa shape index (κ1) is 15.3. The molecular weight excluding hydrogens is 278 g/mol. The van der Waals surface area contributed by atoms with Crippen LogP contribution in [0.5, 0.6) is 0 Å². The summed E-state index contributed by atoms with van der Waals surface area (Å²) in [5.74, 6) is 0.605. The number of aliphatic hydroxyl groups is 1. The highest BCUT2D eigenvalue weighted by molar-refractivity contribution is 5.74. The highest BCUT2D eigenvalue weighted by Crippen LogP contribution is 2.51. The minimum atomic E-state index is -0.858. The number of nitrogens with one attached hydrogen (secondary N) is 1. The number of amides is 2. The molecule has 5 nitrogen and oxygen atoms in total. The summed E-state index contributed by atoms with van der Waals surface area (Å²) in [6.07, 6.45) is 5.72. The number of carbonyl (C=O) groups excluding carboxylic acids is 1. The molecule has 0 radical (unpaired) electrons. The molecule has 2 N–H and O–H groups in total. The first-order valence-electron chi connectivity index (χ1n) is 8.06. The van der Waals surface area contributed by atoms with E-state index >= 15 is 0 Å². The van der Waals surface area contributed by atoms with Crippen molar-refractivity contribution in [2.24, 2.45) is 11.3 Å². The molecule has 0 spiro atoms. The zero-order chi connectivity index (χ0) is 15.8. The normalized spacial score (nSPS) is 25.6. The Kier molecular flexibility index (Phi) is 3.85. The fourth-order valence-corrected chi connectivity index (χ4v) is 3.25. The van der Waals surface area contributed by atoms with E-state index in [9.17, 15) is 9.90 Å². The molecule has 1 unspecified atom stereocenters. The van der Waals surface area contributed by atoms with Crippen LogP contribution in [0.4, 0.5) is 4.79 Å². The third kappa shape index (κ3) is 3.09. The summed E-state index contributed by atoms with van der Waals surface area (Å²) >= 11 is 0. The number of pyridine rings is 1. The van der Waals surface area contributed by atoms with Crippen LogP contribution in [0, 0.1) is 11.3 Å². The lowest BCUT2D eigenvalue weighted by atomic mass is 9.85. The maximum atomic E-state index is 12.2. The number of rotatable bonds is 3. The van der Waals surface area contributed by atoms with Crippen molar-refractivity contribution in [2.75, 3.05) is 19.6 Å². The van der Waals surface area contributed by atoms with E-state index in [1.807, 2.05) is 12.1 Å². The molecule has 1 aliphatic carbocycles. The lowest BCUT2D eigenvalue weighted by Crippen LogP contribution is -2.49. The van der Waals surface area contributed by atoms with Gasteiger partial charge >= 0.3 is 6.03 Å². The Morgan fingerprint density at radius 2 is 2.14 bits per heavy atom. The van der Waals surface area contributed by atoms with E-state index < -0.39 is 5.60 Å². The molecule has 22 heavy (non-hydrogen) atoms. The number of aromatic nitrogens is 1. The number of likely N-dealkylation sites (tertiary alicyclic amines) is 1. The van der Waals surface area contributed by atoms with Crippen LogP contribution in [0.2, 0.25) is 0 Å². The van der Waals surface area contributed by atoms with E-state index in [0.717, 1.165) is 12.1 Å². The largest absolute Gasteiger partial charge is 0.385 e. The van der Waals surface area contributed by atoms with Crippen molar-refractivity contribution in [3.05, 3.63) is 30.1 Å². The molecule has 2 fully saturated rings. The quantitative estimate of drug-likeness (QED) is 0.899. The maximum absolute atomic E-state index is 12.2. The van der Waals surface area contributed by atoms with Gasteiger partial charge in [0.1, 0.15) is 0 Å². The van der Waals surface area contributed by atoms with Crippen LogP contribution in [0.1, 0.15) is 38.7 Å². The predicted octanol–water partition coefficient (Wildman–Crippen LogP) is 2.12. The van der Waals surface area contributed by atoms with Gasteiger partial charge in [-0.1, -0.05) is 19.9 Å². The van der Waals surface area contributed by atoms with Crippen LogP contribution < -0.4 is 5.32 Å². The molecule has 1 saturated carbocycles. The van der Waals surface area contributed by atoms with Gasteiger partial charge in [0.15, 0.2) is 0 Å². The molecule has 2 amide bonds. The van der Waals surface area contributed by atoms with E-state index in [0.29, 0.717) is 37.3 Å². The van der Waals surface area contributed by atoms with Crippen molar-refractivity contribution in [3.8, 4) is 0 Å². The molecule has 1 aliphatic heterocycles. The molecule has 1 saturated heterocycles. The van der Waals surface area contributed by atoms with Gasteiger partial charge in [-0.3, -0.25) is 4.98 Å². The predicted molar refractivity (Wildman–Crippen MR) is 84.2 cm³/mol. The number of hydrogen-bond acceptors (Lipinski definition) is 3. The number of hydrogen-bond donors (Lipinski definition) is 2. The van der Waals surface area contributed by atoms with Crippen LogP contribution >= 0.6 is 0 Å². The van der Waals surface area contributed by atoms with Crippen LogP contribution in [0.15, 0.2) is 24.5 Å². The fraction of sp³-hybridized carbons (Fsp3) is 0.647. The summed E-state index contributed by atoms with van der Waals surface area (Å²) in [6, 6.07) is 3.73. The van der Waals surface area contributed by atoms with Crippen molar-refractivity contribution in [2.45, 2.75) is 38.7 Å². The minimum Gasteiger partial charge on any atom is -0.385 e. The first-order valence-corrected chi connectivity index (χ1v) is 8.06. The SMILES string of the molecule is CC1(C)CC1CNC(=O)N1CCC(O)(c2cccnc2)CC1. The minimum absolute atomic E-state index is 0.00376. The van der Waals surface area contributed by atoms with Crippen LogP contribution in [0.3, 0.4) is 0 Å². The standard InChI is InChI=1S/C17H25N3O2/c1-16(2)10-14(16)12-19-15(21)20-8-5-17(22,6-9-20)13-4-3-7-18-11-13/h3-4,7,11,14,22H,5-6,8-10,12H2,1-2H3,(H,19,21). The molecule has 1 atom stereocenters. The number of nitrogens with zero attached hydrogens (tertiary/aromatic N) is 2. The van der Waals surface area contributed by atoms with Gasteiger partial charge in [0.2, 0.25) is 0 Å². The second-order valence-electron chi connectivity index (χ2n) is 7.34. The van der Waals surface area contributed by atoms with Crippen molar-refractivity contribution in [1.82, 2.24) is 15.2 Å². The third-order valence-corrected chi connectivity index (χ3v) is 5.29. The molecule has 120 valence electrons. The molecule has 1 aromatic rings. The average molecular weight is 303 g/mol. The monoisotopic (exact) mass is 303 g/mol. The molecule has 0 aromatic carbocycles. The van der Waals surface area contributed by atoms with E-state index in [2.05, 4.69) is 24.1 Å². The summed E-state index contributed by atoms with van der Waals surface area (Å²) in [7, 11) is 0. The van der Waals surface area contributed by atoms with Gasteiger partial charge in [0, 0.05) is 37.6 Å². The Morgan fingerprint density at radius 1 is 1.45 bits per heavy atom. The topological polar surface area (TPSA) is 65.5 Å². The van der Waals surface area contributed by atoms with Gasteiger partial charge in [-0.25, -0.2) is 4.79 Å². The molecular formula is C17H25N3O2. The van der Waals surface area contributed by atoms with Crippen molar-refractivity contribution in [3.63, 3.8) is 0 Å². The number of piperidine rings is 1. The molecule has 0 bridgehead atoms. The highest BCUT2D eigenvalue weighted by atomic mass is 16.3. The highest BCUT2D eigenvalue weighted by Gasteiger charge is 2.45. The van der Waals surface area contributed by atoms with Crippen LogP contribution in [-0.2, 0) is 5.60 Å². The summed E-state index contributed by atoms with van der Waals surface area (Å²) in [5.41, 5.74) is 0.369. The Hall–Kier alpha value is -1.62. The van der Waals surface area contributed by atoms with Gasteiger partial charge in [0.05, 0.1) is 5.60 Å². The average Bonchev–Trinajstić information content (AvgIpc) is 3.14. The molecule has 1 aromatic heterocycles. The summed E-state index contributed by atoms with van der Waals surface area (Å²) in [4.78, 5) is 18.1. The number of carbonyl (C=O) groups is 1. The van der Waals surface area contributed by atoms with Crippen LogP contribution in [-0.4, -0.2) is 40.7 Å². The van der Waals surface area contributed by atoms with E-state index in [1.54, 1.807) is 17.3 Å². The van der Waals surface area contributed by atoms with Gasteiger partial charge in [-0.05, 0) is 36.7 Å². The van der Waals surface area contributed by atoms with E-state index in [4.69, 9.17) is 0 Å². The lowest BCUT2D eigenvalue weighted by molar-refractivity contribution is -0.0170. The van der Waals surface area contributed by atoms with E-state index in [1.165, 1.54) is 6.42 Å². The molecule has 3 rings (SSSR count). The zero-order valence-electron chi connectivity index (χ0n) is 13.4. The van der Waals surface area contributed by atoms with Gasteiger partial charge in [-0.2, -0.15) is 0 Å². The third-order valence-electron chi connectivity index (χ3n) is 5.29. The smallest absolute Gasteiger partial charge is 0.317 e. The Bertz CT molecular complexity index is 536. The molecule has 2 aliphatic rings. The summed E-state index contributed by atoms with van der Waals surface area (Å²) in [6.45, 7) is 6.38. The van der Waals surface area contributed by atoms with E-state index in [-0.39, 0.29) is 6.03 Å². The number of urea groups is 1. The van der Waals surface area contributed by atoms with Gasteiger partial charge < -0.3 is 15.3 Å². The second-order valence-corrected chi connectivity index (χ2v) is 7.34. The zero-order valence-corrected chi connectivity index (χ0v) is 13.4. The second kappa shape index (κ2) is 5.54.